The predicted octanol–water partition coefficient (Wildman–Crippen LogP) is 3.00. The van der Waals surface area contributed by atoms with Gasteiger partial charge in [0.05, 0.1) is 0 Å². The minimum absolute atomic E-state index is 0.385. The SMILES string of the molecule is COc1ccc(OC)c2c1SSSS[Se]2. The number of methoxy groups -OCH3 is 2. The van der Waals surface area contributed by atoms with Crippen LogP contribution in [0.5, 0.6) is 11.5 Å². The second kappa shape index (κ2) is 5.89. The van der Waals surface area contributed by atoms with E-state index < -0.39 is 0 Å². The number of hydrogen-bond acceptors (Lipinski definition) is 6. The number of benzene rings is 1. The third-order valence-corrected chi connectivity index (χ3v) is 13.7. The molecule has 7 heteroatoms. The summed E-state index contributed by atoms with van der Waals surface area (Å²) in [7, 11) is 10.7. The Kier molecular flexibility index (Phi) is 4.79. The average Bonchev–Trinajstić information content (AvgIpc) is 2.53. The van der Waals surface area contributed by atoms with Crippen LogP contribution >= 0.6 is 39.7 Å². The third-order valence-electron chi connectivity index (χ3n) is 1.77. The van der Waals surface area contributed by atoms with Crippen LogP contribution in [-0.2, 0) is 0 Å². The molecule has 0 radical (unpaired) electrons. The fourth-order valence-electron chi connectivity index (χ4n) is 1.11. The number of hydrogen-bond donors (Lipinski definition) is 0. The van der Waals surface area contributed by atoms with Gasteiger partial charge in [0.1, 0.15) is 0 Å². The van der Waals surface area contributed by atoms with Crippen molar-refractivity contribution >= 4 is 58.0 Å². The minimum atomic E-state index is 0.385. The zero-order valence-electron chi connectivity index (χ0n) is 8.01. The van der Waals surface area contributed by atoms with Crippen molar-refractivity contribution in [2.24, 2.45) is 0 Å². The topological polar surface area (TPSA) is 18.5 Å². The van der Waals surface area contributed by atoms with Gasteiger partial charge in [0.2, 0.25) is 0 Å². The summed E-state index contributed by atoms with van der Waals surface area (Å²) in [4.78, 5) is 1.22. The molecule has 15 heavy (non-hydrogen) atoms. The first kappa shape index (κ1) is 12.2. The molecule has 0 saturated carbocycles. The quantitative estimate of drug-likeness (QED) is 0.603. The van der Waals surface area contributed by atoms with E-state index >= 15 is 0 Å². The summed E-state index contributed by atoms with van der Waals surface area (Å²) >= 11 is 0.385. The van der Waals surface area contributed by atoms with Gasteiger partial charge in [-0.2, -0.15) is 0 Å². The van der Waals surface area contributed by atoms with Crippen molar-refractivity contribution in [2.45, 2.75) is 4.90 Å². The van der Waals surface area contributed by atoms with Gasteiger partial charge in [-0.05, 0) is 0 Å². The van der Waals surface area contributed by atoms with Gasteiger partial charge in [0, 0.05) is 0 Å². The van der Waals surface area contributed by atoms with Crippen LogP contribution < -0.4 is 13.9 Å². The first-order valence-corrected chi connectivity index (χ1v) is 11.7. The molecular formula is C8H8O2S4Se. The Hall–Kier alpha value is 0.739. The van der Waals surface area contributed by atoms with Gasteiger partial charge < -0.3 is 0 Å². The van der Waals surface area contributed by atoms with Crippen LogP contribution in [0.1, 0.15) is 0 Å². The van der Waals surface area contributed by atoms with Crippen LogP contribution in [0.15, 0.2) is 17.0 Å². The summed E-state index contributed by atoms with van der Waals surface area (Å²) in [6, 6.07) is 3.96. The van der Waals surface area contributed by atoms with E-state index in [1.165, 1.54) is 9.36 Å². The average molecular weight is 343 g/mol. The molecule has 2 rings (SSSR count). The van der Waals surface area contributed by atoms with Crippen molar-refractivity contribution in [2.75, 3.05) is 14.2 Å². The van der Waals surface area contributed by atoms with Gasteiger partial charge in [-0.3, -0.25) is 0 Å². The van der Waals surface area contributed by atoms with Gasteiger partial charge in [-0.15, -0.1) is 0 Å². The van der Waals surface area contributed by atoms with E-state index in [2.05, 4.69) is 0 Å². The van der Waals surface area contributed by atoms with Crippen LogP contribution in [0.25, 0.3) is 0 Å². The van der Waals surface area contributed by atoms with Gasteiger partial charge in [0.25, 0.3) is 0 Å². The molecule has 0 unspecified atom stereocenters. The van der Waals surface area contributed by atoms with Crippen molar-refractivity contribution in [1.82, 2.24) is 0 Å². The first-order valence-electron chi connectivity index (χ1n) is 3.96. The molecule has 1 aromatic carbocycles. The van der Waals surface area contributed by atoms with E-state index in [-0.39, 0.29) is 0 Å². The molecule has 0 amide bonds. The molecule has 1 aliphatic heterocycles. The summed E-state index contributed by atoms with van der Waals surface area (Å²) in [5, 5.41) is 0. The molecule has 1 heterocycles. The van der Waals surface area contributed by atoms with Crippen molar-refractivity contribution in [1.29, 1.82) is 0 Å². The molecule has 1 aromatic rings. The zero-order valence-corrected chi connectivity index (χ0v) is 13.0. The van der Waals surface area contributed by atoms with Crippen molar-refractivity contribution in [3.8, 4) is 11.5 Å². The van der Waals surface area contributed by atoms with E-state index in [9.17, 15) is 0 Å². The molecule has 1 aliphatic rings. The zero-order chi connectivity index (χ0) is 10.7. The molecule has 2 nitrogen and oxygen atoms in total. The molecule has 0 aromatic heterocycles. The van der Waals surface area contributed by atoms with Gasteiger partial charge in [0.15, 0.2) is 0 Å². The second-order valence-corrected chi connectivity index (χ2v) is 12.3. The van der Waals surface area contributed by atoms with Gasteiger partial charge in [-0.1, -0.05) is 0 Å². The Bertz CT molecular complexity index is 328. The van der Waals surface area contributed by atoms with Gasteiger partial charge >= 0.3 is 110 Å². The Balaban J connectivity index is 2.48. The maximum absolute atomic E-state index is 5.38. The number of rotatable bonds is 2. The second-order valence-electron chi connectivity index (χ2n) is 2.50. The fourth-order valence-corrected chi connectivity index (χ4v) is 15.1. The number of ether oxygens (including phenoxy) is 2. The predicted molar refractivity (Wildman–Crippen MR) is 73.6 cm³/mol. The molecule has 0 N–H and O–H groups in total. The molecule has 0 bridgehead atoms. The van der Waals surface area contributed by atoms with E-state index in [0.717, 1.165) is 11.5 Å². The fraction of sp³-hybridized carbons (Fsp3) is 0.250. The molecule has 0 saturated heterocycles. The summed E-state index contributed by atoms with van der Waals surface area (Å²) in [6.45, 7) is 0. The molecule has 0 fully saturated rings. The standard InChI is InChI=1S/C8H8O2S4Se/c1-9-5-3-4-6(10-2)8-7(5)11-12-13-14-15-8/h3-4H,1-2H3. The molecule has 0 atom stereocenters. The van der Waals surface area contributed by atoms with Crippen molar-refractivity contribution in [3.05, 3.63) is 12.1 Å². The van der Waals surface area contributed by atoms with Crippen LogP contribution in [0.2, 0.25) is 0 Å². The molecule has 0 spiro atoms. The third kappa shape index (κ3) is 2.70. The van der Waals surface area contributed by atoms with Crippen LogP contribution in [0.3, 0.4) is 0 Å². The van der Waals surface area contributed by atoms with E-state index in [1.807, 2.05) is 31.2 Å². The van der Waals surface area contributed by atoms with E-state index in [4.69, 9.17) is 9.47 Å². The van der Waals surface area contributed by atoms with Crippen LogP contribution in [0, 0.1) is 0 Å². The van der Waals surface area contributed by atoms with Gasteiger partial charge in [-0.25, -0.2) is 0 Å². The Morgan fingerprint density at radius 1 is 1.07 bits per heavy atom. The maximum atomic E-state index is 5.38. The Morgan fingerprint density at radius 3 is 2.53 bits per heavy atom. The molecule has 0 aliphatic carbocycles. The summed E-state index contributed by atoms with van der Waals surface area (Å²) in [5.74, 6) is 1.93. The molecule has 82 valence electrons. The van der Waals surface area contributed by atoms with Crippen LogP contribution in [-0.4, -0.2) is 28.1 Å². The van der Waals surface area contributed by atoms with Crippen LogP contribution in [0.4, 0.5) is 0 Å². The summed E-state index contributed by atoms with van der Waals surface area (Å²) < 4.78 is 12.1. The van der Waals surface area contributed by atoms with E-state index in [1.54, 1.807) is 34.8 Å². The normalized spacial score (nSPS) is 15.3. The van der Waals surface area contributed by atoms with Crippen molar-refractivity contribution < 1.29 is 9.47 Å². The monoisotopic (exact) mass is 344 g/mol. The first-order chi connectivity index (χ1) is 7.36. The molecular weight excluding hydrogens is 335 g/mol. The van der Waals surface area contributed by atoms with Crippen molar-refractivity contribution in [3.63, 3.8) is 0 Å². The Morgan fingerprint density at radius 2 is 1.80 bits per heavy atom. The summed E-state index contributed by atoms with van der Waals surface area (Å²) in [6.07, 6.45) is 0. The van der Waals surface area contributed by atoms with E-state index in [0.29, 0.717) is 13.8 Å². The Labute approximate surface area is 109 Å². The number of fused-ring (bicyclic) bond motifs is 1. The summed E-state index contributed by atoms with van der Waals surface area (Å²) in [5.41, 5.74) is 0.